The third-order valence-electron chi connectivity index (χ3n) is 4.98. The molecular formula is C21H23N3O4S2. The number of nitrogens with zero attached hydrogens (tertiary/aromatic N) is 2. The third kappa shape index (κ3) is 4.19. The van der Waals surface area contributed by atoms with Crippen LogP contribution < -0.4 is 10.2 Å². The maximum atomic E-state index is 12.6. The Morgan fingerprint density at radius 3 is 2.50 bits per heavy atom. The molecule has 30 heavy (non-hydrogen) atoms. The minimum atomic E-state index is -3.36. The summed E-state index contributed by atoms with van der Waals surface area (Å²) >= 11 is 1.59. The van der Waals surface area contributed by atoms with Crippen molar-refractivity contribution in [1.29, 1.82) is 0 Å². The lowest BCUT2D eigenvalue weighted by molar-refractivity contribution is 0.102. The summed E-state index contributed by atoms with van der Waals surface area (Å²) < 4.78 is 30.8. The third-order valence-corrected chi connectivity index (χ3v) is 8.23. The van der Waals surface area contributed by atoms with Crippen LogP contribution in [0.25, 0.3) is 10.2 Å². The summed E-state index contributed by atoms with van der Waals surface area (Å²) in [4.78, 5) is 19.7. The van der Waals surface area contributed by atoms with Gasteiger partial charge in [0.15, 0.2) is 15.0 Å². The number of ether oxygens (including phenoxy) is 1. The number of rotatable bonds is 5. The van der Waals surface area contributed by atoms with Crippen LogP contribution in [-0.2, 0) is 14.6 Å². The first-order valence-corrected chi connectivity index (χ1v) is 12.1. The van der Waals surface area contributed by atoms with Gasteiger partial charge in [-0.25, -0.2) is 13.4 Å². The molecule has 1 amide bonds. The Kier molecular flexibility index (Phi) is 5.77. The van der Waals surface area contributed by atoms with Crippen molar-refractivity contribution in [1.82, 2.24) is 4.98 Å². The zero-order valence-corrected chi connectivity index (χ0v) is 18.4. The molecule has 2 aromatic carbocycles. The highest BCUT2D eigenvalue weighted by molar-refractivity contribution is 7.92. The Bertz CT molecular complexity index is 1160. The molecule has 9 heteroatoms. The molecule has 1 aromatic heterocycles. The highest BCUT2D eigenvalue weighted by atomic mass is 32.2. The van der Waals surface area contributed by atoms with Gasteiger partial charge in [0.25, 0.3) is 5.91 Å². The van der Waals surface area contributed by atoms with Crippen molar-refractivity contribution in [2.45, 2.75) is 24.0 Å². The van der Waals surface area contributed by atoms with E-state index in [4.69, 9.17) is 4.74 Å². The molecule has 1 fully saturated rings. The number of carbonyl (C=O) groups excluding carboxylic acids is 1. The first-order chi connectivity index (χ1) is 14.3. The van der Waals surface area contributed by atoms with Crippen LogP contribution in [0.1, 0.15) is 24.2 Å². The van der Waals surface area contributed by atoms with E-state index in [0.29, 0.717) is 24.5 Å². The van der Waals surface area contributed by atoms with Crippen LogP contribution in [0.3, 0.4) is 0 Å². The highest BCUT2D eigenvalue weighted by Gasteiger charge is 2.20. The number of morpholine rings is 1. The predicted octanol–water partition coefficient (Wildman–Crippen LogP) is 3.57. The zero-order chi connectivity index (χ0) is 21.3. The summed E-state index contributed by atoms with van der Waals surface area (Å²) in [6.07, 6.45) is 0. The Hall–Kier alpha value is -2.49. The van der Waals surface area contributed by atoms with E-state index in [1.54, 1.807) is 25.2 Å². The van der Waals surface area contributed by atoms with Gasteiger partial charge < -0.3 is 15.0 Å². The molecule has 1 aliphatic heterocycles. The molecule has 0 unspecified atom stereocenters. The number of amides is 1. The topological polar surface area (TPSA) is 88.6 Å². The van der Waals surface area contributed by atoms with E-state index >= 15 is 0 Å². The van der Waals surface area contributed by atoms with Crippen molar-refractivity contribution in [2.24, 2.45) is 0 Å². The number of hydrogen-bond donors (Lipinski definition) is 1. The van der Waals surface area contributed by atoms with Gasteiger partial charge in [-0.1, -0.05) is 11.3 Å². The maximum absolute atomic E-state index is 12.6. The van der Waals surface area contributed by atoms with Gasteiger partial charge in [-0.15, -0.1) is 0 Å². The van der Waals surface area contributed by atoms with E-state index < -0.39 is 15.1 Å². The number of anilines is 2. The van der Waals surface area contributed by atoms with Crippen molar-refractivity contribution in [3.8, 4) is 0 Å². The van der Waals surface area contributed by atoms with Gasteiger partial charge >= 0.3 is 0 Å². The SMILES string of the molecule is CC(C)S(=O)(=O)c1ccc(C(=O)Nc2ccc3nc(N4CCOCC4)sc3c2)cc1. The van der Waals surface area contributed by atoms with E-state index in [9.17, 15) is 13.2 Å². The number of benzene rings is 2. The fraction of sp³-hybridized carbons (Fsp3) is 0.333. The van der Waals surface area contributed by atoms with Gasteiger partial charge in [0, 0.05) is 24.3 Å². The molecule has 158 valence electrons. The normalized spacial score (nSPS) is 15.0. The molecule has 0 spiro atoms. The lowest BCUT2D eigenvalue weighted by atomic mass is 10.2. The first-order valence-electron chi connectivity index (χ1n) is 9.73. The summed E-state index contributed by atoms with van der Waals surface area (Å²) in [7, 11) is -3.36. The van der Waals surface area contributed by atoms with Crippen molar-refractivity contribution >= 4 is 48.1 Å². The quantitative estimate of drug-likeness (QED) is 0.646. The highest BCUT2D eigenvalue weighted by Crippen LogP contribution is 2.31. The molecule has 0 saturated carbocycles. The Morgan fingerprint density at radius 1 is 1.13 bits per heavy atom. The fourth-order valence-corrected chi connectivity index (χ4v) is 5.27. The van der Waals surface area contributed by atoms with Crippen molar-refractivity contribution in [2.75, 3.05) is 36.5 Å². The molecule has 1 saturated heterocycles. The van der Waals surface area contributed by atoms with E-state index in [0.717, 1.165) is 28.4 Å². The van der Waals surface area contributed by atoms with Crippen molar-refractivity contribution in [3.63, 3.8) is 0 Å². The van der Waals surface area contributed by atoms with Gasteiger partial charge in [0.1, 0.15) is 0 Å². The van der Waals surface area contributed by atoms with Crippen molar-refractivity contribution < 1.29 is 17.9 Å². The van der Waals surface area contributed by atoms with Crippen LogP contribution in [0.2, 0.25) is 0 Å². The van der Waals surface area contributed by atoms with Gasteiger partial charge in [-0.3, -0.25) is 4.79 Å². The van der Waals surface area contributed by atoms with Crippen LogP contribution >= 0.6 is 11.3 Å². The van der Waals surface area contributed by atoms with E-state index in [-0.39, 0.29) is 10.8 Å². The summed E-state index contributed by atoms with van der Waals surface area (Å²) in [6, 6.07) is 11.6. The largest absolute Gasteiger partial charge is 0.378 e. The monoisotopic (exact) mass is 445 g/mol. The van der Waals surface area contributed by atoms with Crippen LogP contribution in [0.4, 0.5) is 10.8 Å². The smallest absolute Gasteiger partial charge is 0.255 e. The van der Waals surface area contributed by atoms with Gasteiger partial charge in [0.05, 0.1) is 33.6 Å². The molecule has 2 heterocycles. The molecule has 0 aliphatic carbocycles. The molecular weight excluding hydrogens is 422 g/mol. The van der Waals surface area contributed by atoms with Gasteiger partial charge in [0.2, 0.25) is 0 Å². The maximum Gasteiger partial charge on any atom is 0.255 e. The van der Waals surface area contributed by atoms with Gasteiger partial charge in [-0.2, -0.15) is 0 Å². The average Bonchev–Trinajstić information content (AvgIpc) is 3.18. The number of aromatic nitrogens is 1. The summed E-state index contributed by atoms with van der Waals surface area (Å²) in [5.74, 6) is -0.291. The Balaban J connectivity index is 1.50. The molecule has 0 radical (unpaired) electrons. The fourth-order valence-electron chi connectivity index (χ4n) is 3.15. The molecule has 4 rings (SSSR count). The second kappa shape index (κ2) is 8.33. The lowest BCUT2D eigenvalue weighted by Crippen LogP contribution is -2.36. The number of sulfone groups is 1. The van der Waals surface area contributed by atoms with E-state index in [1.165, 1.54) is 24.3 Å². The molecule has 0 bridgehead atoms. The van der Waals surface area contributed by atoms with Crippen LogP contribution in [0, 0.1) is 0 Å². The minimum Gasteiger partial charge on any atom is -0.378 e. The number of fused-ring (bicyclic) bond motifs is 1. The summed E-state index contributed by atoms with van der Waals surface area (Å²) in [5, 5.41) is 3.33. The van der Waals surface area contributed by atoms with Crippen LogP contribution in [0.5, 0.6) is 0 Å². The predicted molar refractivity (Wildman–Crippen MR) is 119 cm³/mol. The molecule has 1 aliphatic rings. The minimum absolute atomic E-state index is 0.218. The Labute approximate surface area is 179 Å². The standard InChI is InChI=1S/C21H23N3O4S2/c1-14(2)30(26,27)17-6-3-15(4-7-17)20(25)22-16-5-8-18-19(13-16)29-21(23-18)24-9-11-28-12-10-24/h3-8,13-14H,9-12H2,1-2H3,(H,22,25). The van der Waals surface area contributed by atoms with E-state index in [1.807, 2.05) is 18.2 Å². The number of hydrogen-bond acceptors (Lipinski definition) is 7. The molecule has 7 nitrogen and oxygen atoms in total. The molecule has 0 atom stereocenters. The number of carbonyl (C=O) groups is 1. The van der Waals surface area contributed by atoms with Gasteiger partial charge in [-0.05, 0) is 56.3 Å². The van der Waals surface area contributed by atoms with Crippen LogP contribution in [-0.4, -0.2) is 50.9 Å². The second-order valence-electron chi connectivity index (χ2n) is 7.35. The average molecular weight is 446 g/mol. The van der Waals surface area contributed by atoms with E-state index in [2.05, 4.69) is 15.2 Å². The number of nitrogens with one attached hydrogen (secondary N) is 1. The summed E-state index contributed by atoms with van der Waals surface area (Å²) in [6.45, 7) is 6.33. The first kappa shape index (κ1) is 20.8. The number of thiazole rings is 1. The van der Waals surface area contributed by atoms with Crippen LogP contribution in [0.15, 0.2) is 47.4 Å². The van der Waals surface area contributed by atoms with Crippen molar-refractivity contribution in [3.05, 3.63) is 48.0 Å². The second-order valence-corrected chi connectivity index (χ2v) is 10.9. The summed E-state index contributed by atoms with van der Waals surface area (Å²) in [5.41, 5.74) is 1.96. The Morgan fingerprint density at radius 2 is 1.83 bits per heavy atom. The molecule has 1 N–H and O–H groups in total. The lowest BCUT2D eigenvalue weighted by Gasteiger charge is -2.25. The zero-order valence-electron chi connectivity index (χ0n) is 16.8. The molecule has 3 aromatic rings.